The molecule has 0 aliphatic carbocycles. The standard InChI is InChI=1S/C7H11O2S/c8-6-7(9)10-4-2-1-3-5-10/h6H,1-5H2/q+1. The maximum atomic E-state index is 10.8. The molecule has 1 rings (SSSR count). The van der Waals surface area contributed by atoms with E-state index in [1.807, 2.05) is 0 Å². The smallest absolute Gasteiger partial charge is 0.289 e. The van der Waals surface area contributed by atoms with Gasteiger partial charge >= 0.3 is 5.12 Å². The van der Waals surface area contributed by atoms with Gasteiger partial charge in [0, 0.05) is 0 Å². The summed E-state index contributed by atoms with van der Waals surface area (Å²) in [5, 5.41) is -0.167. The fourth-order valence-electron chi connectivity index (χ4n) is 1.10. The summed E-state index contributed by atoms with van der Waals surface area (Å²) in [5.74, 6) is 1.91. The van der Waals surface area contributed by atoms with E-state index in [9.17, 15) is 9.59 Å². The lowest BCUT2D eigenvalue weighted by atomic mass is 10.3. The van der Waals surface area contributed by atoms with E-state index in [1.165, 1.54) is 6.42 Å². The molecule has 2 nitrogen and oxygen atoms in total. The van der Waals surface area contributed by atoms with Crippen molar-refractivity contribution in [3.8, 4) is 0 Å². The molecule has 1 saturated heterocycles. The maximum Gasteiger partial charge on any atom is 0.394 e. The highest BCUT2D eigenvalue weighted by atomic mass is 32.2. The lowest BCUT2D eigenvalue weighted by Crippen LogP contribution is -2.26. The van der Waals surface area contributed by atoms with Gasteiger partial charge in [0.2, 0.25) is 6.29 Å². The second-order valence-corrected chi connectivity index (χ2v) is 4.60. The Morgan fingerprint density at radius 3 is 2.30 bits per heavy atom. The first-order valence-corrected chi connectivity index (χ1v) is 5.07. The molecule has 0 N–H and O–H groups in total. The molecule has 0 radical (unpaired) electrons. The maximum absolute atomic E-state index is 10.8. The summed E-state index contributed by atoms with van der Waals surface area (Å²) in [6.07, 6.45) is 3.97. The molecule has 1 aliphatic heterocycles. The number of aldehydes is 1. The van der Waals surface area contributed by atoms with E-state index in [4.69, 9.17) is 0 Å². The summed E-state index contributed by atoms with van der Waals surface area (Å²) >= 11 is 0. The molecule has 1 aliphatic rings. The molecule has 0 amide bonds. The van der Waals surface area contributed by atoms with Gasteiger partial charge in [0.25, 0.3) is 0 Å². The molecule has 1 heterocycles. The van der Waals surface area contributed by atoms with E-state index in [1.54, 1.807) is 0 Å². The molecule has 56 valence electrons. The van der Waals surface area contributed by atoms with Crippen LogP contribution in [0.5, 0.6) is 0 Å². The molecule has 1 fully saturated rings. The Labute approximate surface area is 63.3 Å². The van der Waals surface area contributed by atoms with Gasteiger partial charge in [-0.1, -0.05) is 0 Å². The molecule has 3 heteroatoms. The van der Waals surface area contributed by atoms with Crippen molar-refractivity contribution in [2.45, 2.75) is 19.3 Å². The number of carbonyl (C=O) groups is 2. The summed E-state index contributed by atoms with van der Waals surface area (Å²) in [4.78, 5) is 20.9. The van der Waals surface area contributed by atoms with E-state index in [0.29, 0.717) is 6.29 Å². The molecule has 0 bridgehead atoms. The van der Waals surface area contributed by atoms with E-state index in [2.05, 4.69) is 0 Å². The predicted molar refractivity (Wildman–Crippen MR) is 42.0 cm³/mol. The van der Waals surface area contributed by atoms with Gasteiger partial charge in [-0.25, -0.2) is 4.79 Å². The van der Waals surface area contributed by atoms with Gasteiger partial charge in [-0.3, -0.25) is 4.79 Å². The Kier molecular flexibility index (Phi) is 2.93. The van der Waals surface area contributed by atoms with E-state index in [-0.39, 0.29) is 16.0 Å². The van der Waals surface area contributed by atoms with Crippen molar-refractivity contribution in [1.29, 1.82) is 0 Å². The fourth-order valence-corrected chi connectivity index (χ4v) is 2.95. The first kappa shape index (κ1) is 7.79. The summed E-state index contributed by atoms with van der Waals surface area (Å²) in [5.41, 5.74) is 0. The van der Waals surface area contributed by atoms with Crippen LogP contribution in [0, 0.1) is 0 Å². The zero-order valence-electron chi connectivity index (χ0n) is 5.84. The molecule has 10 heavy (non-hydrogen) atoms. The summed E-state index contributed by atoms with van der Waals surface area (Å²) in [6, 6.07) is 0. The minimum atomic E-state index is -0.196. The van der Waals surface area contributed by atoms with Crippen LogP contribution in [0.4, 0.5) is 0 Å². The lowest BCUT2D eigenvalue weighted by Gasteiger charge is -2.08. The van der Waals surface area contributed by atoms with Crippen molar-refractivity contribution in [2.75, 3.05) is 11.5 Å². The number of carbonyl (C=O) groups excluding carboxylic acids is 2. The molecule has 0 unspecified atom stereocenters. The average Bonchev–Trinajstić information content (AvgIpc) is 2.05. The van der Waals surface area contributed by atoms with Crippen LogP contribution < -0.4 is 0 Å². The van der Waals surface area contributed by atoms with Crippen LogP contribution in [-0.4, -0.2) is 22.9 Å². The summed E-state index contributed by atoms with van der Waals surface area (Å²) in [7, 11) is -0.196. The minimum absolute atomic E-state index is 0.167. The van der Waals surface area contributed by atoms with Crippen molar-refractivity contribution in [1.82, 2.24) is 0 Å². The molecular weight excluding hydrogens is 148 g/mol. The second-order valence-electron chi connectivity index (χ2n) is 2.40. The third kappa shape index (κ3) is 1.84. The van der Waals surface area contributed by atoms with Crippen LogP contribution in [0.15, 0.2) is 0 Å². The van der Waals surface area contributed by atoms with E-state index < -0.39 is 0 Å². The molecule has 0 saturated carbocycles. The fraction of sp³-hybridized carbons (Fsp3) is 0.714. The molecule has 0 aromatic carbocycles. The molecule has 0 aromatic heterocycles. The van der Waals surface area contributed by atoms with Crippen molar-refractivity contribution in [3.05, 3.63) is 0 Å². The Hall–Kier alpha value is -0.310. The van der Waals surface area contributed by atoms with Gasteiger partial charge in [-0.15, -0.1) is 0 Å². The number of rotatable bonds is 1. The minimum Gasteiger partial charge on any atom is -0.289 e. The van der Waals surface area contributed by atoms with E-state index in [0.717, 1.165) is 24.3 Å². The average molecular weight is 159 g/mol. The molecule has 0 atom stereocenters. The van der Waals surface area contributed by atoms with Gasteiger partial charge in [0.05, 0.1) is 10.9 Å². The van der Waals surface area contributed by atoms with Crippen LogP contribution in [0.25, 0.3) is 0 Å². The monoisotopic (exact) mass is 159 g/mol. The Morgan fingerprint density at radius 1 is 1.20 bits per heavy atom. The van der Waals surface area contributed by atoms with Gasteiger partial charge in [0.15, 0.2) is 0 Å². The van der Waals surface area contributed by atoms with Gasteiger partial charge in [-0.05, 0) is 19.3 Å². The number of hydrogen-bond acceptors (Lipinski definition) is 2. The van der Waals surface area contributed by atoms with Crippen LogP contribution in [-0.2, 0) is 20.5 Å². The second kappa shape index (κ2) is 3.76. The zero-order chi connectivity index (χ0) is 7.40. The Balaban J connectivity index is 2.38. The van der Waals surface area contributed by atoms with Crippen LogP contribution in [0.1, 0.15) is 19.3 Å². The van der Waals surface area contributed by atoms with Gasteiger partial charge in [-0.2, -0.15) is 0 Å². The highest BCUT2D eigenvalue weighted by Crippen LogP contribution is 2.13. The highest BCUT2D eigenvalue weighted by Gasteiger charge is 2.29. The first-order chi connectivity index (χ1) is 4.84. The lowest BCUT2D eigenvalue weighted by molar-refractivity contribution is -0.124. The summed E-state index contributed by atoms with van der Waals surface area (Å²) < 4.78 is 0. The van der Waals surface area contributed by atoms with E-state index >= 15 is 0 Å². The first-order valence-electron chi connectivity index (χ1n) is 3.51. The normalized spacial score (nSPS) is 20.4. The zero-order valence-corrected chi connectivity index (χ0v) is 6.65. The largest absolute Gasteiger partial charge is 0.394 e. The van der Waals surface area contributed by atoms with Crippen LogP contribution in [0.2, 0.25) is 0 Å². The number of hydrogen-bond donors (Lipinski definition) is 0. The Bertz CT molecular complexity index is 139. The quantitative estimate of drug-likeness (QED) is 0.317. The topological polar surface area (TPSA) is 34.1 Å². The van der Waals surface area contributed by atoms with Crippen molar-refractivity contribution in [3.63, 3.8) is 0 Å². The third-order valence-electron chi connectivity index (χ3n) is 1.66. The summed E-state index contributed by atoms with van der Waals surface area (Å²) in [6.45, 7) is 0. The highest BCUT2D eigenvalue weighted by molar-refractivity contribution is 8.12. The predicted octanol–water partition coefficient (Wildman–Crippen LogP) is 0.514. The SMILES string of the molecule is O=CC(=O)[S+]1CCCCC1. The van der Waals surface area contributed by atoms with Gasteiger partial charge < -0.3 is 0 Å². The Morgan fingerprint density at radius 2 is 1.80 bits per heavy atom. The van der Waals surface area contributed by atoms with Crippen molar-refractivity contribution in [2.24, 2.45) is 0 Å². The van der Waals surface area contributed by atoms with Crippen molar-refractivity contribution >= 4 is 22.3 Å². The molecule has 0 aromatic rings. The van der Waals surface area contributed by atoms with Crippen LogP contribution >= 0.6 is 0 Å². The molecular formula is C7H11O2S+. The molecule has 0 spiro atoms. The third-order valence-corrected chi connectivity index (χ3v) is 3.89. The van der Waals surface area contributed by atoms with Crippen LogP contribution in [0.3, 0.4) is 0 Å². The van der Waals surface area contributed by atoms with Gasteiger partial charge in [0.1, 0.15) is 11.5 Å². The van der Waals surface area contributed by atoms with Crippen molar-refractivity contribution < 1.29 is 9.59 Å².